The standard InChI is InChI=1S/C16H15BrFNO3/c1-15(2)9-5-6-16(15,13(21)12(9)20)14(22)19-11-4-3-8(18)7-10(11)17/h3-4,7,9H,5-6H2,1-2H3,(H,19,22)/t9-,16-/m1/s1. The summed E-state index contributed by atoms with van der Waals surface area (Å²) in [7, 11) is 0. The van der Waals surface area contributed by atoms with Gasteiger partial charge < -0.3 is 5.32 Å². The van der Waals surface area contributed by atoms with Gasteiger partial charge in [-0.15, -0.1) is 0 Å². The van der Waals surface area contributed by atoms with Crippen molar-refractivity contribution >= 4 is 39.1 Å². The van der Waals surface area contributed by atoms with Crippen LogP contribution in [0.3, 0.4) is 0 Å². The highest BCUT2D eigenvalue weighted by molar-refractivity contribution is 9.10. The third kappa shape index (κ3) is 1.76. The topological polar surface area (TPSA) is 63.2 Å². The number of Topliss-reactive ketones (excluding diaryl/α,β-unsaturated/α-hetero) is 2. The fourth-order valence-electron chi connectivity index (χ4n) is 3.90. The molecule has 2 fully saturated rings. The summed E-state index contributed by atoms with van der Waals surface area (Å²) in [5.41, 5.74) is -1.63. The molecule has 0 radical (unpaired) electrons. The van der Waals surface area contributed by atoms with E-state index in [9.17, 15) is 18.8 Å². The van der Waals surface area contributed by atoms with Crippen molar-refractivity contribution in [3.63, 3.8) is 0 Å². The fraction of sp³-hybridized carbons (Fsp3) is 0.438. The molecule has 3 rings (SSSR count). The van der Waals surface area contributed by atoms with Gasteiger partial charge in [0.1, 0.15) is 11.2 Å². The van der Waals surface area contributed by atoms with Crippen molar-refractivity contribution in [2.75, 3.05) is 5.32 Å². The van der Waals surface area contributed by atoms with Crippen LogP contribution in [0.5, 0.6) is 0 Å². The summed E-state index contributed by atoms with van der Waals surface area (Å²) in [6.07, 6.45) is 0.926. The van der Waals surface area contributed by atoms with Gasteiger partial charge in [0.2, 0.25) is 17.5 Å². The maximum absolute atomic E-state index is 13.1. The molecule has 2 bridgehead atoms. The molecular weight excluding hydrogens is 353 g/mol. The molecule has 2 aliphatic rings. The zero-order valence-corrected chi connectivity index (χ0v) is 13.8. The average molecular weight is 368 g/mol. The van der Waals surface area contributed by atoms with Gasteiger partial charge >= 0.3 is 0 Å². The second-order valence-corrected chi connectivity index (χ2v) is 7.34. The molecule has 0 aromatic heterocycles. The summed E-state index contributed by atoms with van der Waals surface area (Å²) >= 11 is 3.18. The highest BCUT2D eigenvalue weighted by Crippen LogP contribution is 2.62. The molecule has 0 unspecified atom stereocenters. The Hall–Kier alpha value is -1.56. The van der Waals surface area contributed by atoms with E-state index in [1.165, 1.54) is 18.2 Å². The van der Waals surface area contributed by atoms with Crippen LogP contribution in [0.25, 0.3) is 0 Å². The molecular formula is C16H15BrFNO3. The first kappa shape index (κ1) is 15.3. The zero-order valence-electron chi connectivity index (χ0n) is 12.2. The van der Waals surface area contributed by atoms with Gasteiger partial charge in [0, 0.05) is 10.4 Å². The van der Waals surface area contributed by atoms with Crippen LogP contribution in [-0.4, -0.2) is 17.5 Å². The molecule has 0 heterocycles. The molecule has 2 aliphatic carbocycles. The summed E-state index contributed by atoms with van der Waals surface area (Å²) in [6, 6.07) is 3.88. The molecule has 2 atom stereocenters. The minimum atomic E-state index is -1.32. The summed E-state index contributed by atoms with van der Waals surface area (Å²) in [5.74, 6) is -2.34. The number of carbonyl (C=O) groups excluding carboxylic acids is 3. The summed E-state index contributed by atoms with van der Waals surface area (Å²) in [4.78, 5) is 37.3. The van der Waals surface area contributed by atoms with Gasteiger partial charge in [-0.05, 0) is 52.4 Å². The van der Waals surface area contributed by atoms with Crippen molar-refractivity contribution in [2.45, 2.75) is 26.7 Å². The zero-order chi connectivity index (χ0) is 16.3. The SMILES string of the molecule is CC1(C)[C@@H]2CC[C@]1(C(=O)Nc1ccc(F)cc1Br)C(=O)C2=O. The Bertz CT molecular complexity index is 715. The quantitative estimate of drug-likeness (QED) is 0.645. The Balaban J connectivity index is 1.98. The van der Waals surface area contributed by atoms with Crippen molar-refractivity contribution in [1.29, 1.82) is 0 Å². The minimum absolute atomic E-state index is 0.375. The largest absolute Gasteiger partial charge is 0.324 e. The van der Waals surface area contributed by atoms with Gasteiger partial charge in [-0.3, -0.25) is 14.4 Å². The van der Waals surface area contributed by atoms with Crippen LogP contribution >= 0.6 is 15.9 Å². The summed E-state index contributed by atoms with van der Waals surface area (Å²) in [5, 5.41) is 2.68. The number of amides is 1. The Labute approximate surface area is 135 Å². The first-order chi connectivity index (χ1) is 10.2. The number of rotatable bonds is 2. The third-order valence-corrected chi connectivity index (χ3v) is 5.93. The van der Waals surface area contributed by atoms with E-state index in [0.29, 0.717) is 23.0 Å². The maximum Gasteiger partial charge on any atom is 0.239 e. The monoisotopic (exact) mass is 367 g/mol. The summed E-state index contributed by atoms with van der Waals surface area (Å²) in [6.45, 7) is 3.60. The van der Waals surface area contributed by atoms with Gasteiger partial charge in [-0.1, -0.05) is 13.8 Å². The van der Waals surface area contributed by atoms with Gasteiger partial charge in [0.15, 0.2) is 0 Å². The number of hydrogen-bond acceptors (Lipinski definition) is 3. The normalized spacial score (nSPS) is 29.0. The minimum Gasteiger partial charge on any atom is -0.324 e. The highest BCUT2D eigenvalue weighted by atomic mass is 79.9. The predicted octanol–water partition coefficient (Wildman–Crippen LogP) is 3.10. The fourth-order valence-corrected chi connectivity index (χ4v) is 4.35. The Kier molecular flexibility index (Phi) is 3.29. The molecule has 22 heavy (non-hydrogen) atoms. The molecule has 1 N–H and O–H groups in total. The molecule has 1 aromatic rings. The van der Waals surface area contributed by atoms with Crippen molar-refractivity contribution in [1.82, 2.24) is 0 Å². The van der Waals surface area contributed by atoms with E-state index in [1.807, 2.05) is 0 Å². The lowest BCUT2D eigenvalue weighted by atomic mass is 9.68. The highest BCUT2D eigenvalue weighted by Gasteiger charge is 2.72. The number of ketones is 2. The van der Waals surface area contributed by atoms with Crippen LogP contribution in [0.4, 0.5) is 10.1 Å². The van der Waals surface area contributed by atoms with Crippen molar-refractivity contribution < 1.29 is 18.8 Å². The lowest BCUT2D eigenvalue weighted by molar-refractivity contribution is -0.147. The van der Waals surface area contributed by atoms with Crippen molar-refractivity contribution in [3.05, 3.63) is 28.5 Å². The van der Waals surface area contributed by atoms with Crippen molar-refractivity contribution in [3.8, 4) is 0 Å². The molecule has 2 saturated carbocycles. The molecule has 0 saturated heterocycles. The lowest BCUT2D eigenvalue weighted by Crippen LogP contribution is -2.47. The van der Waals surface area contributed by atoms with Crippen LogP contribution in [0, 0.1) is 22.6 Å². The number of halogens is 2. The first-order valence-electron chi connectivity index (χ1n) is 7.07. The van der Waals surface area contributed by atoms with Gasteiger partial charge in [0.25, 0.3) is 0 Å². The van der Waals surface area contributed by atoms with Crippen LogP contribution < -0.4 is 5.32 Å². The van der Waals surface area contributed by atoms with Crippen LogP contribution in [0.2, 0.25) is 0 Å². The third-order valence-electron chi connectivity index (χ3n) is 5.27. The number of hydrogen-bond donors (Lipinski definition) is 1. The van der Waals surface area contributed by atoms with Crippen LogP contribution in [0.15, 0.2) is 22.7 Å². The van der Waals surface area contributed by atoms with E-state index in [2.05, 4.69) is 21.2 Å². The van der Waals surface area contributed by atoms with E-state index >= 15 is 0 Å². The molecule has 0 spiro atoms. The van der Waals surface area contributed by atoms with Crippen LogP contribution in [0.1, 0.15) is 26.7 Å². The molecule has 0 aliphatic heterocycles. The van der Waals surface area contributed by atoms with E-state index in [1.54, 1.807) is 13.8 Å². The van der Waals surface area contributed by atoms with Crippen molar-refractivity contribution in [2.24, 2.45) is 16.7 Å². The maximum atomic E-state index is 13.1. The lowest BCUT2D eigenvalue weighted by Gasteiger charge is -2.33. The van der Waals surface area contributed by atoms with E-state index in [4.69, 9.17) is 0 Å². The van der Waals surface area contributed by atoms with E-state index in [-0.39, 0.29) is 5.92 Å². The molecule has 4 nitrogen and oxygen atoms in total. The Morgan fingerprint density at radius 1 is 1.36 bits per heavy atom. The van der Waals surface area contributed by atoms with Gasteiger partial charge in [0.05, 0.1) is 5.69 Å². The second-order valence-electron chi connectivity index (χ2n) is 6.49. The van der Waals surface area contributed by atoms with Gasteiger partial charge in [-0.25, -0.2) is 4.39 Å². The van der Waals surface area contributed by atoms with Crippen LogP contribution in [-0.2, 0) is 14.4 Å². The molecule has 6 heteroatoms. The Morgan fingerprint density at radius 3 is 2.59 bits per heavy atom. The number of fused-ring (bicyclic) bond motifs is 2. The number of nitrogens with one attached hydrogen (secondary N) is 1. The van der Waals surface area contributed by atoms with E-state index in [0.717, 1.165) is 0 Å². The first-order valence-corrected chi connectivity index (χ1v) is 7.86. The van der Waals surface area contributed by atoms with Gasteiger partial charge in [-0.2, -0.15) is 0 Å². The smallest absolute Gasteiger partial charge is 0.239 e. The second kappa shape index (κ2) is 4.72. The summed E-state index contributed by atoms with van der Waals surface area (Å²) < 4.78 is 13.5. The number of anilines is 1. The molecule has 1 amide bonds. The predicted molar refractivity (Wildman–Crippen MR) is 81.7 cm³/mol. The number of benzene rings is 1. The molecule has 1 aromatic carbocycles. The Morgan fingerprint density at radius 2 is 2.05 bits per heavy atom. The molecule has 116 valence electrons. The van der Waals surface area contributed by atoms with E-state index < -0.39 is 34.1 Å². The average Bonchev–Trinajstić information content (AvgIpc) is 2.78. The number of carbonyl (C=O) groups is 3.